The van der Waals surface area contributed by atoms with Crippen molar-refractivity contribution in [3.8, 4) is 0 Å². The molecular formula is C13H18O4. The highest BCUT2D eigenvalue weighted by atomic mass is 16.5. The fraction of sp³-hybridized carbons (Fsp3) is 0.385. The number of hydrogen-bond donors (Lipinski definition) is 0. The fourth-order valence-electron chi connectivity index (χ4n) is 1.26. The van der Waals surface area contributed by atoms with Gasteiger partial charge in [-0.3, -0.25) is 0 Å². The standard InChI is InChI=1S/C12H14O4.CH4/c1-3-15-11(13)9-7-5-6-8-10(9)12(14)16-4-2;/h5-8H,3-4H2,1-2H3;1H4. The minimum atomic E-state index is -0.508. The second kappa shape index (κ2) is 7.44. The highest BCUT2D eigenvalue weighted by molar-refractivity contribution is 6.03. The summed E-state index contributed by atoms with van der Waals surface area (Å²) in [6, 6.07) is 6.44. The molecule has 0 saturated carbocycles. The highest BCUT2D eigenvalue weighted by Crippen LogP contribution is 2.11. The van der Waals surface area contributed by atoms with Gasteiger partial charge in [0.1, 0.15) is 0 Å². The van der Waals surface area contributed by atoms with Gasteiger partial charge in [-0.15, -0.1) is 0 Å². The van der Waals surface area contributed by atoms with Crippen molar-refractivity contribution in [1.29, 1.82) is 0 Å². The Labute approximate surface area is 102 Å². The molecule has 1 aromatic carbocycles. The highest BCUT2D eigenvalue weighted by Gasteiger charge is 2.17. The van der Waals surface area contributed by atoms with Crippen LogP contribution in [0.15, 0.2) is 24.3 Å². The van der Waals surface area contributed by atoms with E-state index in [1.165, 1.54) is 0 Å². The van der Waals surface area contributed by atoms with Crippen LogP contribution in [-0.4, -0.2) is 25.2 Å². The molecule has 0 aliphatic carbocycles. The van der Waals surface area contributed by atoms with Crippen molar-refractivity contribution < 1.29 is 19.1 Å². The molecule has 0 N–H and O–H groups in total. The van der Waals surface area contributed by atoms with Gasteiger partial charge in [0.05, 0.1) is 24.3 Å². The molecule has 0 amide bonds. The van der Waals surface area contributed by atoms with Gasteiger partial charge in [0.2, 0.25) is 0 Å². The van der Waals surface area contributed by atoms with Gasteiger partial charge in [-0.05, 0) is 26.0 Å². The summed E-state index contributed by atoms with van der Waals surface area (Å²) in [6.07, 6.45) is 0. The van der Waals surface area contributed by atoms with Gasteiger partial charge in [-0.2, -0.15) is 0 Å². The molecule has 1 aromatic rings. The third-order valence-corrected chi connectivity index (χ3v) is 1.92. The van der Waals surface area contributed by atoms with Crippen LogP contribution in [0.2, 0.25) is 0 Å². The molecule has 0 heterocycles. The van der Waals surface area contributed by atoms with E-state index in [4.69, 9.17) is 9.47 Å². The maximum absolute atomic E-state index is 11.5. The van der Waals surface area contributed by atoms with Crippen molar-refractivity contribution in [2.45, 2.75) is 21.3 Å². The molecular weight excluding hydrogens is 220 g/mol. The lowest BCUT2D eigenvalue weighted by atomic mass is 10.1. The van der Waals surface area contributed by atoms with Crippen LogP contribution >= 0.6 is 0 Å². The first-order valence-electron chi connectivity index (χ1n) is 5.14. The number of carbonyl (C=O) groups is 2. The summed E-state index contributed by atoms with van der Waals surface area (Å²) in [5.74, 6) is -1.02. The zero-order valence-corrected chi connectivity index (χ0v) is 9.36. The molecule has 0 atom stereocenters. The van der Waals surface area contributed by atoms with Gasteiger partial charge in [0.25, 0.3) is 0 Å². The third kappa shape index (κ3) is 3.90. The summed E-state index contributed by atoms with van der Waals surface area (Å²) in [5.41, 5.74) is 0.477. The van der Waals surface area contributed by atoms with Crippen molar-refractivity contribution in [1.82, 2.24) is 0 Å². The van der Waals surface area contributed by atoms with E-state index in [0.29, 0.717) is 0 Å². The van der Waals surface area contributed by atoms with E-state index < -0.39 is 11.9 Å². The zero-order chi connectivity index (χ0) is 12.0. The first-order valence-corrected chi connectivity index (χ1v) is 5.14. The number of esters is 2. The normalized spacial score (nSPS) is 9.06. The lowest BCUT2D eigenvalue weighted by Crippen LogP contribution is -2.13. The van der Waals surface area contributed by atoms with Crippen LogP contribution < -0.4 is 0 Å². The average molecular weight is 238 g/mol. The molecule has 0 radical (unpaired) electrons. The van der Waals surface area contributed by atoms with E-state index in [-0.39, 0.29) is 31.8 Å². The minimum absolute atomic E-state index is 0. The molecule has 0 unspecified atom stereocenters. The Morgan fingerprint density at radius 2 is 1.29 bits per heavy atom. The van der Waals surface area contributed by atoms with Crippen molar-refractivity contribution in [3.05, 3.63) is 35.4 Å². The largest absolute Gasteiger partial charge is 0.462 e. The van der Waals surface area contributed by atoms with Crippen LogP contribution in [0.1, 0.15) is 42.0 Å². The SMILES string of the molecule is C.CCOC(=O)c1ccccc1C(=O)OCC. The van der Waals surface area contributed by atoms with E-state index >= 15 is 0 Å². The van der Waals surface area contributed by atoms with Gasteiger partial charge in [0, 0.05) is 0 Å². The van der Waals surface area contributed by atoms with Crippen molar-refractivity contribution in [2.24, 2.45) is 0 Å². The molecule has 94 valence electrons. The van der Waals surface area contributed by atoms with E-state index in [0.717, 1.165) is 0 Å². The minimum Gasteiger partial charge on any atom is -0.462 e. The Morgan fingerprint density at radius 1 is 0.941 bits per heavy atom. The maximum atomic E-state index is 11.5. The quantitative estimate of drug-likeness (QED) is 0.757. The summed E-state index contributed by atoms with van der Waals surface area (Å²) in [4.78, 5) is 23.1. The smallest absolute Gasteiger partial charge is 0.338 e. The van der Waals surface area contributed by atoms with Crippen molar-refractivity contribution >= 4 is 11.9 Å². The molecule has 0 saturated heterocycles. The number of hydrogen-bond acceptors (Lipinski definition) is 4. The van der Waals surface area contributed by atoms with Crippen LogP contribution in [0.25, 0.3) is 0 Å². The number of ether oxygens (including phenoxy) is 2. The molecule has 17 heavy (non-hydrogen) atoms. The van der Waals surface area contributed by atoms with Gasteiger partial charge in [-0.25, -0.2) is 9.59 Å². The molecule has 4 heteroatoms. The molecule has 4 nitrogen and oxygen atoms in total. The summed E-state index contributed by atoms with van der Waals surface area (Å²) in [5, 5.41) is 0. The fourth-order valence-corrected chi connectivity index (χ4v) is 1.26. The number of benzene rings is 1. The topological polar surface area (TPSA) is 52.6 Å². The van der Waals surface area contributed by atoms with E-state index in [9.17, 15) is 9.59 Å². The van der Waals surface area contributed by atoms with Crippen LogP contribution in [-0.2, 0) is 9.47 Å². The second-order valence-corrected chi connectivity index (χ2v) is 2.99. The van der Waals surface area contributed by atoms with Gasteiger partial charge in [0.15, 0.2) is 0 Å². The molecule has 0 aliphatic rings. The maximum Gasteiger partial charge on any atom is 0.338 e. The summed E-state index contributed by atoms with van der Waals surface area (Å²) in [6.45, 7) is 3.97. The average Bonchev–Trinajstić information content (AvgIpc) is 2.30. The predicted molar refractivity (Wildman–Crippen MR) is 65.1 cm³/mol. The molecule has 0 aliphatic heterocycles. The molecule has 1 rings (SSSR count). The number of rotatable bonds is 4. The monoisotopic (exact) mass is 238 g/mol. The van der Waals surface area contributed by atoms with Crippen LogP contribution in [0.3, 0.4) is 0 Å². The Kier molecular flexibility index (Phi) is 6.63. The van der Waals surface area contributed by atoms with E-state index in [2.05, 4.69) is 0 Å². The number of carbonyl (C=O) groups excluding carboxylic acids is 2. The first kappa shape index (κ1) is 15.2. The zero-order valence-electron chi connectivity index (χ0n) is 9.36. The summed E-state index contributed by atoms with van der Waals surface area (Å²) >= 11 is 0. The summed E-state index contributed by atoms with van der Waals surface area (Å²) in [7, 11) is 0. The van der Waals surface area contributed by atoms with Crippen LogP contribution in [0, 0.1) is 0 Å². The van der Waals surface area contributed by atoms with E-state index in [1.807, 2.05) is 0 Å². The summed E-state index contributed by atoms with van der Waals surface area (Å²) < 4.78 is 9.70. The lowest BCUT2D eigenvalue weighted by molar-refractivity contribution is 0.0479. The first-order chi connectivity index (χ1) is 7.70. The Balaban J connectivity index is 0.00000256. The Bertz CT molecular complexity index is 348. The Morgan fingerprint density at radius 3 is 1.59 bits per heavy atom. The van der Waals surface area contributed by atoms with Gasteiger partial charge < -0.3 is 9.47 Å². The lowest BCUT2D eigenvalue weighted by Gasteiger charge is -2.07. The molecule has 0 spiro atoms. The molecule has 0 fully saturated rings. The molecule has 0 bridgehead atoms. The van der Waals surface area contributed by atoms with Crippen molar-refractivity contribution in [3.63, 3.8) is 0 Å². The van der Waals surface area contributed by atoms with Crippen LogP contribution in [0.4, 0.5) is 0 Å². The third-order valence-electron chi connectivity index (χ3n) is 1.92. The van der Waals surface area contributed by atoms with Gasteiger partial charge in [-0.1, -0.05) is 19.6 Å². The van der Waals surface area contributed by atoms with Gasteiger partial charge >= 0.3 is 11.9 Å². The predicted octanol–water partition coefficient (Wildman–Crippen LogP) is 2.68. The second-order valence-electron chi connectivity index (χ2n) is 2.99. The van der Waals surface area contributed by atoms with E-state index in [1.54, 1.807) is 38.1 Å². The molecule has 0 aromatic heterocycles. The van der Waals surface area contributed by atoms with Crippen molar-refractivity contribution in [2.75, 3.05) is 13.2 Å². The van der Waals surface area contributed by atoms with Crippen LogP contribution in [0.5, 0.6) is 0 Å². The Hall–Kier alpha value is -1.84.